The summed E-state index contributed by atoms with van der Waals surface area (Å²) in [5, 5.41) is 2.85. The molecular formula is C17H22ClN3O2. The predicted molar refractivity (Wildman–Crippen MR) is 90.4 cm³/mol. The number of nitrogens with zero attached hydrogens (tertiary/aromatic N) is 1. The molecule has 4 atom stereocenters. The van der Waals surface area contributed by atoms with Gasteiger partial charge in [-0.05, 0) is 36.3 Å². The Balaban J connectivity index is 0.00000156. The molecule has 1 aromatic carbocycles. The zero-order chi connectivity index (χ0) is 15.3. The number of para-hydroxylation sites is 1. The number of hydrogen-bond donors (Lipinski definition) is 2. The number of carbonyl (C=O) groups excluding carboxylic acids is 2. The summed E-state index contributed by atoms with van der Waals surface area (Å²) in [4.78, 5) is 26.8. The molecule has 0 spiro atoms. The van der Waals surface area contributed by atoms with Crippen molar-refractivity contribution in [2.75, 3.05) is 18.4 Å². The van der Waals surface area contributed by atoms with Crippen molar-refractivity contribution in [3.8, 4) is 0 Å². The smallest absolute Gasteiger partial charge is 0.230 e. The van der Waals surface area contributed by atoms with Gasteiger partial charge in [-0.2, -0.15) is 0 Å². The van der Waals surface area contributed by atoms with Crippen LogP contribution in [0.1, 0.15) is 30.7 Å². The number of anilines is 1. The summed E-state index contributed by atoms with van der Waals surface area (Å²) in [7, 11) is 0. The maximum atomic E-state index is 13.0. The molecule has 1 saturated carbocycles. The first-order chi connectivity index (χ1) is 10.6. The number of benzene rings is 1. The number of likely N-dealkylation sites (tertiary alicyclic amines) is 1. The van der Waals surface area contributed by atoms with Crippen LogP contribution in [0.25, 0.3) is 0 Å². The molecule has 23 heavy (non-hydrogen) atoms. The van der Waals surface area contributed by atoms with Crippen LogP contribution in [0.3, 0.4) is 0 Å². The van der Waals surface area contributed by atoms with Crippen LogP contribution in [0, 0.1) is 11.8 Å². The minimum atomic E-state index is -0.347. The van der Waals surface area contributed by atoms with Crippen LogP contribution >= 0.6 is 12.4 Å². The van der Waals surface area contributed by atoms with Crippen molar-refractivity contribution < 1.29 is 9.59 Å². The Morgan fingerprint density at radius 1 is 1.22 bits per heavy atom. The van der Waals surface area contributed by atoms with Gasteiger partial charge in [-0.25, -0.2) is 0 Å². The number of amides is 2. The molecule has 0 radical (unpaired) electrons. The van der Waals surface area contributed by atoms with Crippen LogP contribution in [0.15, 0.2) is 24.3 Å². The third-order valence-corrected chi connectivity index (χ3v) is 5.52. The van der Waals surface area contributed by atoms with Crippen LogP contribution < -0.4 is 11.1 Å². The second kappa shape index (κ2) is 6.13. The summed E-state index contributed by atoms with van der Waals surface area (Å²) in [6.45, 7) is 1.56. The van der Waals surface area contributed by atoms with E-state index in [4.69, 9.17) is 5.73 Å². The van der Waals surface area contributed by atoms with Crippen molar-refractivity contribution in [3.63, 3.8) is 0 Å². The Hall–Kier alpha value is -1.59. The highest BCUT2D eigenvalue weighted by Crippen LogP contribution is 2.40. The fourth-order valence-electron chi connectivity index (χ4n) is 4.34. The third kappa shape index (κ3) is 2.72. The van der Waals surface area contributed by atoms with E-state index in [1.807, 2.05) is 29.2 Å². The molecular weight excluding hydrogens is 314 g/mol. The third-order valence-electron chi connectivity index (χ3n) is 5.52. The molecule has 4 rings (SSSR count). The van der Waals surface area contributed by atoms with E-state index in [0.29, 0.717) is 11.8 Å². The molecule has 1 aliphatic carbocycles. The lowest BCUT2D eigenvalue weighted by atomic mass is 9.89. The van der Waals surface area contributed by atoms with Crippen molar-refractivity contribution in [1.29, 1.82) is 0 Å². The number of halogens is 1. The highest BCUT2D eigenvalue weighted by atomic mass is 35.5. The number of fused-ring (bicyclic) bond motifs is 2. The van der Waals surface area contributed by atoms with Gasteiger partial charge in [0.15, 0.2) is 0 Å². The summed E-state index contributed by atoms with van der Waals surface area (Å²) in [6.07, 6.45) is 2.44. The van der Waals surface area contributed by atoms with Crippen LogP contribution in [-0.2, 0) is 9.59 Å². The average Bonchev–Trinajstić information content (AvgIpc) is 3.08. The molecule has 1 saturated heterocycles. The quantitative estimate of drug-likeness (QED) is 0.820. The lowest BCUT2D eigenvalue weighted by Crippen LogP contribution is -2.39. The first kappa shape index (κ1) is 16.3. The van der Waals surface area contributed by atoms with Gasteiger partial charge >= 0.3 is 0 Å². The molecule has 124 valence electrons. The molecule has 2 aliphatic heterocycles. The number of nitrogens with two attached hydrogens (primary N) is 1. The average molecular weight is 336 g/mol. The molecule has 2 amide bonds. The fourth-order valence-corrected chi connectivity index (χ4v) is 4.34. The second-order valence-corrected chi connectivity index (χ2v) is 6.80. The largest absolute Gasteiger partial charge is 0.342 e. The Kier molecular flexibility index (Phi) is 4.34. The van der Waals surface area contributed by atoms with E-state index in [1.165, 1.54) is 0 Å². The molecule has 0 aromatic heterocycles. The predicted octanol–water partition coefficient (Wildman–Crippen LogP) is 1.73. The summed E-state index contributed by atoms with van der Waals surface area (Å²) in [5.74, 6) is 0.653. The van der Waals surface area contributed by atoms with Gasteiger partial charge in [0.2, 0.25) is 11.8 Å². The molecule has 2 fully saturated rings. The first-order valence-corrected chi connectivity index (χ1v) is 8.06. The summed E-state index contributed by atoms with van der Waals surface area (Å²) in [6, 6.07) is 7.84. The Labute approximate surface area is 142 Å². The van der Waals surface area contributed by atoms with Gasteiger partial charge in [-0.15, -0.1) is 12.4 Å². The lowest BCUT2D eigenvalue weighted by Gasteiger charge is -2.29. The van der Waals surface area contributed by atoms with Crippen molar-refractivity contribution >= 4 is 29.9 Å². The van der Waals surface area contributed by atoms with Gasteiger partial charge in [-0.1, -0.05) is 18.2 Å². The van der Waals surface area contributed by atoms with Gasteiger partial charge in [-0.3, -0.25) is 9.59 Å². The van der Waals surface area contributed by atoms with E-state index in [-0.39, 0.29) is 42.6 Å². The van der Waals surface area contributed by atoms with Crippen molar-refractivity contribution in [2.24, 2.45) is 17.6 Å². The molecule has 4 unspecified atom stereocenters. The SMILES string of the molecule is Cl.NC1CCC2CN(C(=O)C3CC(=O)Nc4ccccc43)CC12. The van der Waals surface area contributed by atoms with Gasteiger partial charge in [0.1, 0.15) is 0 Å². The number of rotatable bonds is 1. The van der Waals surface area contributed by atoms with Crippen molar-refractivity contribution in [2.45, 2.75) is 31.2 Å². The maximum absolute atomic E-state index is 13.0. The van der Waals surface area contributed by atoms with E-state index < -0.39 is 0 Å². The van der Waals surface area contributed by atoms with E-state index in [0.717, 1.165) is 37.2 Å². The molecule has 0 bridgehead atoms. The molecule has 1 aromatic rings. The van der Waals surface area contributed by atoms with E-state index in [2.05, 4.69) is 5.32 Å². The molecule has 6 heteroatoms. The Bertz CT molecular complexity index is 636. The number of nitrogens with one attached hydrogen (secondary N) is 1. The summed E-state index contributed by atoms with van der Waals surface area (Å²) < 4.78 is 0. The van der Waals surface area contributed by atoms with Gasteiger partial charge in [0.05, 0.1) is 5.92 Å². The van der Waals surface area contributed by atoms with Gasteiger partial charge in [0, 0.05) is 31.2 Å². The fraction of sp³-hybridized carbons (Fsp3) is 0.529. The monoisotopic (exact) mass is 335 g/mol. The van der Waals surface area contributed by atoms with Crippen LogP contribution in [0.5, 0.6) is 0 Å². The van der Waals surface area contributed by atoms with E-state index in [1.54, 1.807) is 0 Å². The van der Waals surface area contributed by atoms with E-state index in [9.17, 15) is 9.59 Å². The van der Waals surface area contributed by atoms with E-state index >= 15 is 0 Å². The molecule has 3 N–H and O–H groups in total. The minimum Gasteiger partial charge on any atom is -0.342 e. The zero-order valence-electron chi connectivity index (χ0n) is 12.9. The first-order valence-electron chi connectivity index (χ1n) is 8.06. The highest BCUT2D eigenvalue weighted by Gasteiger charge is 2.44. The number of carbonyl (C=O) groups is 2. The second-order valence-electron chi connectivity index (χ2n) is 6.80. The zero-order valence-corrected chi connectivity index (χ0v) is 13.7. The molecule has 5 nitrogen and oxygen atoms in total. The maximum Gasteiger partial charge on any atom is 0.230 e. The summed E-state index contributed by atoms with van der Waals surface area (Å²) in [5.41, 5.74) is 7.87. The number of hydrogen-bond acceptors (Lipinski definition) is 3. The normalized spacial score (nSPS) is 31.9. The topological polar surface area (TPSA) is 75.4 Å². The molecule has 2 heterocycles. The highest BCUT2D eigenvalue weighted by molar-refractivity contribution is 6.01. The Morgan fingerprint density at radius 2 is 2.00 bits per heavy atom. The Morgan fingerprint density at radius 3 is 2.78 bits per heavy atom. The van der Waals surface area contributed by atoms with Crippen LogP contribution in [-0.4, -0.2) is 35.8 Å². The van der Waals surface area contributed by atoms with Crippen LogP contribution in [0.4, 0.5) is 5.69 Å². The van der Waals surface area contributed by atoms with Crippen molar-refractivity contribution in [1.82, 2.24) is 4.90 Å². The van der Waals surface area contributed by atoms with Gasteiger partial charge in [0.25, 0.3) is 0 Å². The minimum absolute atomic E-state index is 0. The van der Waals surface area contributed by atoms with Crippen LogP contribution in [0.2, 0.25) is 0 Å². The standard InChI is InChI=1S/C17H21N3O2.ClH/c18-14-6-5-10-8-20(9-13(10)14)17(22)12-7-16(21)19-15-4-2-1-3-11(12)15;/h1-4,10,12-14H,5-9,18H2,(H,19,21);1H. The van der Waals surface area contributed by atoms with Crippen molar-refractivity contribution in [3.05, 3.63) is 29.8 Å². The van der Waals surface area contributed by atoms with Gasteiger partial charge < -0.3 is 16.0 Å². The summed E-state index contributed by atoms with van der Waals surface area (Å²) >= 11 is 0. The lowest BCUT2D eigenvalue weighted by molar-refractivity contribution is -0.134. The molecule has 3 aliphatic rings.